The van der Waals surface area contributed by atoms with Crippen molar-refractivity contribution in [3.05, 3.63) is 48.3 Å². The highest BCUT2D eigenvalue weighted by atomic mass is 16.5. The summed E-state index contributed by atoms with van der Waals surface area (Å²) in [6.45, 7) is 3.66. The SMILES string of the molecule is CN(CCn1ccc2ccccc21)c1cc([C@@H]2CCOC2)nc(NCCO)n1. The van der Waals surface area contributed by atoms with Crippen molar-refractivity contribution in [1.29, 1.82) is 0 Å². The van der Waals surface area contributed by atoms with E-state index in [-0.39, 0.29) is 6.61 Å². The Kier molecular flexibility index (Phi) is 5.73. The van der Waals surface area contributed by atoms with E-state index in [1.165, 1.54) is 10.9 Å². The quantitative estimate of drug-likeness (QED) is 0.624. The molecule has 3 aromatic rings. The molecule has 1 aliphatic heterocycles. The molecule has 0 unspecified atom stereocenters. The molecule has 3 heterocycles. The summed E-state index contributed by atoms with van der Waals surface area (Å²) in [4.78, 5) is 11.4. The first-order valence-corrected chi connectivity index (χ1v) is 9.81. The minimum atomic E-state index is 0.0476. The van der Waals surface area contributed by atoms with Crippen molar-refractivity contribution < 1.29 is 9.84 Å². The van der Waals surface area contributed by atoms with Crippen LogP contribution in [-0.2, 0) is 11.3 Å². The van der Waals surface area contributed by atoms with Crippen LogP contribution in [0.2, 0.25) is 0 Å². The summed E-state index contributed by atoms with van der Waals surface area (Å²) in [5.74, 6) is 1.75. The fourth-order valence-corrected chi connectivity index (χ4v) is 3.58. The summed E-state index contributed by atoms with van der Waals surface area (Å²) >= 11 is 0. The van der Waals surface area contributed by atoms with Gasteiger partial charge in [0.25, 0.3) is 0 Å². The maximum Gasteiger partial charge on any atom is 0.224 e. The highest BCUT2D eigenvalue weighted by molar-refractivity contribution is 5.79. The van der Waals surface area contributed by atoms with Gasteiger partial charge in [-0.1, -0.05) is 18.2 Å². The molecule has 1 aromatic carbocycles. The molecule has 0 amide bonds. The number of nitrogens with zero attached hydrogens (tertiary/aromatic N) is 4. The number of rotatable bonds is 8. The smallest absolute Gasteiger partial charge is 0.224 e. The first kappa shape index (κ1) is 18.7. The molecule has 0 aliphatic carbocycles. The van der Waals surface area contributed by atoms with Crippen LogP contribution in [0.4, 0.5) is 11.8 Å². The van der Waals surface area contributed by atoms with Crippen LogP contribution in [0.3, 0.4) is 0 Å². The summed E-state index contributed by atoms with van der Waals surface area (Å²) in [6, 6.07) is 12.6. The molecule has 0 saturated carbocycles. The van der Waals surface area contributed by atoms with Crippen molar-refractivity contribution in [3.63, 3.8) is 0 Å². The zero-order valence-electron chi connectivity index (χ0n) is 16.2. The standard InChI is InChI=1S/C21H27N5O2/c1-25(10-11-26-9-6-16-4-2-3-5-19(16)26)20-14-18(17-7-13-28-15-17)23-21(24-20)22-8-12-27/h2-6,9,14,17,27H,7-8,10-13,15H2,1H3,(H,22,23,24)/t17-/m1/s1. The highest BCUT2D eigenvalue weighted by Gasteiger charge is 2.21. The summed E-state index contributed by atoms with van der Waals surface area (Å²) in [5, 5.41) is 13.5. The number of aliphatic hydroxyl groups is 1. The normalized spacial score (nSPS) is 16.6. The molecule has 1 fully saturated rings. The number of aliphatic hydroxyl groups excluding tert-OH is 1. The fourth-order valence-electron chi connectivity index (χ4n) is 3.58. The molecule has 1 atom stereocenters. The van der Waals surface area contributed by atoms with Crippen molar-refractivity contribution in [2.24, 2.45) is 0 Å². The summed E-state index contributed by atoms with van der Waals surface area (Å²) < 4.78 is 7.80. The fraction of sp³-hybridized carbons (Fsp3) is 0.429. The second-order valence-corrected chi connectivity index (χ2v) is 7.18. The lowest BCUT2D eigenvalue weighted by atomic mass is 10.0. The maximum atomic E-state index is 9.11. The molecule has 7 heteroatoms. The van der Waals surface area contributed by atoms with E-state index in [1.807, 2.05) is 0 Å². The third kappa shape index (κ3) is 4.10. The van der Waals surface area contributed by atoms with Crippen molar-refractivity contribution in [3.8, 4) is 0 Å². The van der Waals surface area contributed by atoms with Crippen LogP contribution < -0.4 is 10.2 Å². The van der Waals surface area contributed by atoms with Crippen LogP contribution in [0.25, 0.3) is 10.9 Å². The summed E-state index contributed by atoms with van der Waals surface area (Å²) in [5.41, 5.74) is 2.24. The van der Waals surface area contributed by atoms with Crippen molar-refractivity contribution in [1.82, 2.24) is 14.5 Å². The minimum Gasteiger partial charge on any atom is -0.395 e. The average Bonchev–Trinajstić information content (AvgIpc) is 3.40. The number of fused-ring (bicyclic) bond motifs is 1. The van der Waals surface area contributed by atoms with E-state index < -0.39 is 0 Å². The van der Waals surface area contributed by atoms with Crippen LogP contribution in [-0.4, -0.2) is 59.6 Å². The van der Waals surface area contributed by atoms with E-state index >= 15 is 0 Å². The van der Waals surface area contributed by atoms with Gasteiger partial charge in [-0.2, -0.15) is 4.98 Å². The van der Waals surface area contributed by atoms with Crippen LogP contribution in [0, 0.1) is 0 Å². The Morgan fingerprint density at radius 1 is 1.29 bits per heavy atom. The molecule has 1 aliphatic rings. The molecule has 28 heavy (non-hydrogen) atoms. The average molecular weight is 381 g/mol. The Morgan fingerprint density at radius 3 is 3.00 bits per heavy atom. The molecule has 1 saturated heterocycles. The predicted molar refractivity (Wildman–Crippen MR) is 111 cm³/mol. The van der Waals surface area contributed by atoms with E-state index in [9.17, 15) is 0 Å². The third-order valence-electron chi connectivity index (χ3n) is 5.22. The Labute approximate surface area is 165 Å². The van der Waals surface area contributed by atoms with Crippen LogP contribution in [0.1, 0.15) is 18.0 Å². The first-order chi connectivity index (χ1) is 13.7. The van der Waals surface area contributed by atoms with E-state index in [1.54, 1.807) is 0 Å². The number of likely N-dealkylation sites (N-methyl/N-ethyl adjacent to an activating group) is 1. The van der Waals surface area contributed by atoms with E-state index in [2.05, 4.69) is 74.4 Å². The molecule has 2 aromatic heterocycles. The topological polar surface area (TPSA) is 75.4 Å². The monoisotopic (exact) mass is 381 g/mol. The number of hydrogen-bond acceptors (Lipinski definition) is 6. The van der Waals surface area contributed by atoms with Gasteiger partial charge in [-0.25, -0.2) is 4.98 Å². The van der Waals surface area contributed by atoms with Gasteiger partial charge >= 0.3 is 0 Å². The van der Waals surface area contributed by atoms with Crippen molar-refractivity contribution in [2.75, 3.05) is 50.2 Å². The number of benzene rings is 1. The van der Waals surface area contributed by atoms with Gasteiger partial charge in [0.1, 0.15) is 5.82 Å². The molecule has 0 bridgehead atoms. The Hall–Kier alpha value is -2.64. The molecule has 0 radical (unpaired) electrons. The number of nitrogens with one attached hydrogen (secondary N) is 1. The van der Waals surface area contributed by atoms with Crippen molar-refractivity contribution >= 4 is 22.7 Å². The zero-order valence-corrected chi connectivity index (χ0v) is 16.2. The van der Waals surface area contributed by atoms with Gasteiger partial charge in [-0.05, 0) is 23.9 Å². The van der Waals surface area contributed by atoms with Gasteiger partial charge in [-0.3, -0.25) is 0 Å². The summed E-state index contributed by atoms with van der Waals surface area (Å²) in [6.07, 6.45) is 3.11. The van der Waals surface area contributed by atoms with Gasteiger partial charge < -0.3 is 24.6 Å². The Balaban J connectivity index is 1.51. The van der Waals surface area contributed by atoms with Gasteiger partial charge in [0.15, 0.2) is 0 Å². The van der Waals surface area contributed by atoms with Gasteiger partial charge in [-0.15, -0.1) is 0 Å². The lowest BCUT2D eigenvalue weighted by Crippen LogP contribution is -2.24. The molecule has 0 spiro atoms. The number of para-hydroxylation sites is 1. The second-order valence-electron chi connectivity index (χ2n) is 7.18. The lowest BCUT2D eigenvalue weighted by Gasteiger charge is -2.21. The van der Waals surface area contributed by atoms with E-state index in [0.717, 1.165) is 37.6 Å². The maximum absolute atomic E-state index is 9.11. The molecule has 4 rings (SSSR count). The summed E-state index contributed by atoms with van der Waals surface area (Å²) in [7, 11) is 2.05. The number of aromatic nitrogens is 3. The highest BCUT2D eigenvalue weighted by Crippen LogP contribution is 2.27. The molecule has 7 nitrogen and oxygen atoms in total. The van der Waals surface area contributed by atoms with Crippen LogP contribution >= 0.6 is 0 Å². The number of anilines is 2. The molecule has 2 N–H and O–H groups in total. The first-order valence-electron chi connectivity index (χ1n) is 9.81. The second kappa shape index (κ2) is 8.58. The Bertz CT molecular complexity index is 920. The zero-order chi connectivity index (χ0) is 19.3. The van der Waals surface area contributed by atoms with Gasteiger partial charge in [0, 0.05) is 57.0 Å². The van der Waals surface area contributed by atoms with Gasteiger partial charge in [0.05, 0.1) is 18.9 Å². The molecular formula is C21H27N5O2. The van der Waals surface area contributed by atoms with Crippen LogP contribution in [0.5, 0.6) is 0 Å². The third-order valence-corrected chi connectivity index (χ3v) is 5.22. The lowest BCUT2D eigenvalue weighted by molar-refractivity contribution is 0.193. The molecule has 148 valence electrons. The van der Waals surface area contributed by atoms with Crippen molar-refractivity contribution in [2.45, 2.75) is 18.9 Å². The van der Waals surface area contributed by atoms with Crippen LogP contribution in [0.15, 0.2) is 42.6 Å². The van der Waals surface area contributed by atoms with E-state index in [0.29, 0.717) is 25.0 Å². The largest absolute Gasteiger partial charge is 0.395 e. The number of hydrogen-bond donors (Lipinski definition) is 2. The predicted octanol–water partition coefficient (Wildman–Crippen LogP) is 2.48. The van der Waals surface area contributed by atoms with Gasteiger partial charge in [0.2, 0.25) is 5.95 Å². The Morgan fingerprint density at radius 2 is 2.18 bits per heavy atom. The molecular weight excluding hydrogens is 354 g/mol. The van der Waals surface area contributed by atoms with E-state index in [4.69, 9.17) is 9.84 Å². The number of ether oxygens (including phenoxy) is 1. The minimum absolute atomic E-state index is 0.0476.